The molecule has 0 unspecified atom stereocenters. The number of amides is 1. The molecule has 0 aromatic rings. The van der Waals surface area contributed by atoms with Gasteiger partial charge >= 0.3 is 0 Å². The van der Waals surface area contributed by atoms with Gasteiger partial charge in [0.25, 0.3) is 0 Å². The second-order valence-electron chi connectivity index (χ2n) is 1.24. The van der Waals surface area contributed by atoms with Crippen molar-refractivity contribution in [3.8, 4) is 0 Å². The zero-order chi connectivity index (χ0) is 6.41. The van der Waals surface area contributed by atoms with Crippen LogP contribution in [-0.2, 0) is 4.79 Å². The molecule has 1 N–H and O–H groups in total. The number of likely N-dealkylation sites (N-methyl/N-ethyl adjacent to an activating group) is 1. The van der Waals surface area contributed by atoms with Crippen molar-refractivity contribution in [1.82, 2.24) is 5.32 Å². The zero-order valence-corrected chi connectivity index (χ0v) is 4.68. The van der Waals surface area contributed by atoms with Gasteiger partial charge in [0.2, 0.25) is 5.91 Å². The van der Waals surface area contributed by atoms with Crippen molar-refractivity contribution in [3.63, 3.8) is 0 Å². The maximum Gasteiger partial charge on any atom is 0.245 e. The van der Waals surface area contributed by atoms with Crippen LogP contribution in [0.5, 0.6) is 0 Å². The molecule has 46 valence electrons. The fourth-order valence-electron chi connectivity index (χ4n) is 0.312. The summed E-state index contributed by atoms with van der Waals surface area (Å²) in [5.74, 6) is -0.317. The molecule has 0 spiro atoms. The first-order valence-electron chi connectivity index (χ1n) is 2.37. The maximum absolute atomic E-state index is 10.2. The van der Waals surface area contributed by atoms with Gasteiger partial charge in [0.05, 0.1) is 0 Å². The lowest BCUT2D eigenvalue weighted by Crippen LogP contribution is -2.24. The van der Waals surface area contributed by atoms with Crippen LogP contribution in [0.1, 0.15) is 6.92 Å². The van der Waals surface area contributed by atoms with Crippen molar-refractivity contribution in [2.24, 2.45) is 5.18 Å². The third-order valence-electron chi connectivity index (χ3n) is 0.582. The van der Waals surface area contributed by atoms with E-state index >= 15 is 0 Å². The molecule has 4 nitrogen and oxygen atoms in total. The van der Waals surface area contributed by atoms with Gasteiger partial charge < -0.3 is 5.32 Å². The van der Waals surface area contributed by atoms with Crippen LogP contribution in [0, 0.1) is 4.91 Å². The molecule has 0 fully saturated rings. The Bertz CT molecular complexity index is 92.0. The average molecular weight is 116 g/mol. The molecule has 0 rings (SSSR count). The van der Waals surface area contributed by atoms with Crippen LogP contribution in [0.25, 0.3) is 0 Å². The third kappa shape index (κ3) is 3.27. The molecule has 4 heteroatoms. The Morgan fingerprint density at radius 3 is 2.75 bits per heavy atom. The number of nitroso groups, excluding NO2 is 1. The lowest BCUT2D eigenvalue weighted by molar-refractivity contribution is -0.119. The number of hydrogen-bond acceptors (Lipinski definition) is 3. The summed E-state index contributed by atoms with van der Waals surface area (Å²) in [7, 11) is 0. The minimum Gasteiger partial charge on any atom is -0.355 e. The van der Waals surface area contributed by atoms with E-state index in [1.807, 2.05) is 0 Å². The average Bonchev–Trinajstić information content (AvgIpc) is 1.68. The van der Waals surface area contributed by atoms with Gasteiger partial charge in [-0.3, -0.25) is 4.79 Å². The van der Waals surface area contributed by atoms with Crippen LogP contribution in [0.15, 0.2) is 5.18 Å². The molecule has 0 radical (unpaired) electrons. The van der Waals surface area contributed by atoms with Gasteiger partial charge in [-0.05, 0) is 6.92 Å². The van der Waals surface area contributed by atoms with Crippen LogP contribution in [-0.4, -0.2) is 19.0 Å². The van der Waals surface area contributed by atoms with E-state index < -0.39 is 0 Å². The van der Waals surface area contributed by atoms with Crippen LogP contribution in [0.2, 0.25) is 0 Å². The van der Waals surface area contributed by atoms with Gasteiger partial charge in [-0.1, -0.05) is 5.18 Å². The van der Waals surface area contributed by atoms with Crippen LogP contribution < -0.4 is 5.32 Å². The Morgan fingerprint density at radius 1 is 1.75 bits per heavy atom. The van der Waals surface area contributed by atoms with E-state index in [9.17, 15) is 9.70 Å². The van der Waals surface area contributed by atoms with Crippen molar-refractivity contribution in [3.05, 3.63) is 4.91 Å². The summed E-state index contributed by atoms with van der Waals surface area (Å²) in [5.41, 5.74) is 0. The van der Waals surface area contributed by atoms with E-state index in [2.05, 4.69) is 10.5 Å². The number of nitrogens with zero attached hydrogens (tertiary/aromatic N) is 1. The molecule has 0 aliphatic rings. The Hall–Kier alpha value is -0.930. The van der Waals surface area contributed by atoms with Crippen LogP contribution in [0.4, 0.5) is 0 Å². The maximum atomic E-state index is 10.2. The van der Waals surface area contributed by atoms with E-state index in [1.54, 1.807) is 6.92 Å². The molecule has 0 saturated heterocycles. The molecule has 0 aromatic carbocycles. The van der Waals surface area contributed by atoms with Gasteiger partial charge in [0.1, 0.15) is 0 Å². The molecule has 0 bridgehead atoms. The Morgan fingerprint density at radius 2 is 2.38 bits per heavy atom. The zero-order valence-electron chi connectivity index (χ0n) is 4.68. The van der Waals surface area contributed by atoms with Crippen LogP contribution >= 0.6 is 0 Å². The second kappa shape index (κ2) is 4.23. The minimum absolute atomic E-state index is 0.270. The molecule has 0 heterocycles. The molecular formula is C4H8N2O2. The van der Waals surface area contributed by atoms with Gasteiger partial charge in [0.15, 0.2) is 6.54 Å². The summed E-state index contributed by atoms with van der Waals surface area (Å²) in [6.07, 6.45) is 0. The highest BCUT2D eigenvalue weighted by Crippen LogP contribution is 1.66. The SMILES string of the molecule is CCNC(=O)CN=O. The number of carbonyl (C=O) groups is 1. The number of carbonyl (C=O) groups excluding carboxylic acids is 1. The second-order valence-corrected chi connectivity index (χ2v) is 1.24. The summed E-state index contributed by atoms with van der Waals surface area (Å²) in [4.78, 5) is 19.6. The highest BCUT2D eigenvalue weighted by molar-refractivity contribution is 5.77. The summed E-state index contributed by atoms with van der Waals surface area (Å²) in [5, 5.41) is 4.81. The number of hydrogen-bond donors (Lipinski definition) is 1. The van der Waals surface area contributed by atoms with Crippen molar-refractivity contribution < 1.29 is 4.79 Å². The summed E-state index contributed by atoms with van der Waals surface area (Å²) >= 11 is 0. The van der Waals surface area contributed by atoms with Crippen molar-refractivity contribution >= 4 is 5.91 Å². The highest BCUT2D eigenvalue weighted by Gasteiger charge is 1.94. The predicted molar refractivity (Wildman–Crippen MR) is 29.3 cm³/mol. The van der Waals surface area contributed by atoms with E-state index in [0.717, 1.165) is 0 Å². The fourth-order valence-corrected chi connectivity index (χ4v) is 0.312. The fraction of sp³-hybridized carbons (Fsp3) is 0.750. The third-order valence-corrected chi connectivity index (χ3v) is 0.582. The highest BCUT2D eigenvalue weighted by atomic mass is 16.3. The van der Waals surface area contributed by atoms with Crippen LogP contribution in [0.3, 0.4) is 0 Å². The van der Waals surface area contributed by atoms with E-state index in [0.29, 0.717) is 6.54 Å². The molecular weight excluding hydrogens is 108 g/mol. The van der Waals surface area contributed by atoms with Gasteiger partial charge in [-0.2, -0.15) is 4.91 Å². The molecule has 0 saturated carbocycles. The quantitative estimate of drug-likeness (QED) is 0.523. The standard InChI is InChI=1S/C4H8N2O2/c1-2-5-4(7)3-6-8/h2-3H2,1H3,(H,5,7). The van der Waals surface area contributed by atoms with Gasteiger partial charge in [-0.15, -0.1) is 0 Å². The molecule has 8 heavy (non-hydrogen) atoms. The Labute approximate surface area is 47.2 Å². The first kappa shape index (κ1) is 7.07. The first-order valence-corrected chi connectivity index (χ1v) is 2.37. The van der Waals surface area contributed by atoms with E-state index in [1.165, 1.54) is 0 Å². The predicted octanol–water partition coefficient (Wildman–Crippen LogP) is -0.111. The van der Waals surface area contributed by atoms with E-state index in [-0.39, 0.29) is 12.5 Å². The van der Waals surface area contributed by atoms with E-state index in [4.69, 9.17) is 0 Å². The number of nitrogens with one attached hydrogen (secondary N) is 1. The lowest BCUT2D eigenvalue weighted by Gasteiger charge is -1.92. The lowest BCUT2D eigenvalue weighted by atomic mass is 10.6. The Balaban J connectivity index is 3.18. The summed E-state index contributed by atoms with van der Waals surface area (Å²) in [6.45, 7) is 2.06. The molecule has 0 aliphatic heterocycles. The topological polar surface area (TPSA) is 58.5 Å². The van der Waals surface area contributed by atoms with Gasteiger partial charge in [-0.25, -0.2) is 0 Å². The Kier molecular flexibility index (Phi) is 3.74. The first-order chi connectivity index (χ1) is 3.81. The monoisotopic (exact) mass is 116 g/mol. The minimum atomic E-state index is -0.317. The van der Waals surface area contributed by atoms with Gasteiger partial charge in [0, 0.05) is 6.54 Å². The summed E-state index contributed by atoms with van der Waals surface area (Å²) in [6, 6.07) is 0. The largest absolute Gasteiger partial charge is 0.355 e. The number of rotatable bonds is 3. The van der Waals surface area contributed by atoms with Crippen molar-refractivity contribution in [2.75, 3.05) is 13.1 Å². The molecule has 1 amide bonds. The molecule has 0 aliphatic carbocycles. The van der Waals surface area contributed by atoms with Crippen molar-refractivity contribution in [1.29, 1.82) is 0 Å². The van der Waals surface area contributed by atoms with Crippen molar-refractivity contribution in [2.45, 2.75) is 6.92 Å². The molecule has 0 aromatic heterocycles. The molecule has 0 atom stereocenters. The summed E-state index contributed by atoms with van der Waals surface area (Å²) < 4.78 is 0. The smallest absolute Gasteiger partial charge is 0.245 e. The normalized spacial score (nSPS) is 8.12.